The Labute approximate surface area is 115 Å². The summed E-state index contributed by atoms with van der Waals surface area (Å²) in [6.07, 6.45) is 0. The van der Waals surface area contributed by atoms with Crippen LogP contribution in [0.1, 0.15) is 0 Å². The van der Waals surface area contributed by atoms with E-state index in [1.54, 1.807) is 0 Å². The zero-order chi connectivity index (χ0) is 0. The molecule has 54 valence electrons. The SMILES string of the molecule is [Fe+3].[Fe+3].[O-2].[O-2].[O-2].[O-2].[O-2].[Pb+2].[Pb+2]. The second-order valence-electron chi connectivity index (χ2n) is 0. The molecule has 9 heavy (non-hydrogen) atoms. The fraction of sp³-hybridized carbons (Fsp3) is 0. The number of hydrogen-bond acceptors (Lipinski definition) is 0. The van der Waals surface area contributed by atoms with Crippen LogP contribution in [-0.2, 0) is 61.5 Å². The van der Waals surface area contributed by atoms with Gasteiger partial charge in [0.15, 0.2) is 0 Å². The van der Waals surface area contributed by atoms with Gasteiger partial charge in [-0.05, 0) is 0 Å². The van der Waals surface area contributed by atoms with Crippen LogP contribution in [-0.4, -0.2) is 54.6 Å². The van der Waals surface area contributed by atoms with Crippen molar-refractivity contribution in [3.8, 4) is 0 Å². The maximum absolute atomic E-state index is 0. The van der Waals surface area contributed by atoms with E-state index in [4.69, 9.17) is 0 Å². The molecular formula is Fe2O5Pb2. The van der Waals surface area contributed by atoms with Crippen LogP contribution in [0, 0.1) is 0 Å². The van der Waals surface area contributed by atoms with Crippen molar-refractivity contribution in [3.63, 3.8) is 0 Å². The molecule has 0 fully saturated rings. The van der Waals surface area contributed by atoms with Gasteiger partial charge in [-0.1, -0.05) is 0 Å². The molecule has 6 radical (unpaired) electrons. The average Bonchev–Trinajstić information content (AvgIpc) is 0. The maximum atomic E-state index is 0. The van der Waals surface area contributed by atoms with Crippen LogP contribution in [0.2, 0.25) is 0 Å². The summed E-state index contributed by atoms with van der Waals surface area (Å²) in [6, 6.07) is 0. The summed E-state index contributed by atoms with van der Waals surface area (Å²) in [5.41, 5.74) is 0. The quantitative estimate of drug-likeness (QED) is 0.301. The second kappa shape index (κ2) is 139. The molecule has 0 aromatic heterocycles. The Morgan fingerprint density at radius 3 is 0.333 bits per heavy atom. The zero-order valence-electron chi connectivity index (χ0n) is 3.75. The molecule has 0 rings (SSSR count). The first-order valence-electron chi connectivity index (χ1n) is 0. The second-order valence-corrected chi connectivity index (χ2v) is 0. The minimum atomic E-state index is 0. The number of hydrogen-bond donors (Lipinski definition) is 0. The van der Waals surface area contributed by atoms with Crippen molar-refractivity contribution < 1.29 is 61.5 Å². The molecule has 0 aromatic rings. The Morgan fingerprint density at radius 2 is 0.333 bits per heavy atom. The Balaban J connectivity index is 0. The summed E-state index contributed by atoms with van der Waals surface area (Å²) < 4.78 is 0. The van der Waals surface area contributed by atoms with E-state index in [1.807, 2.05) is 0 Å². The third-order valence-electron chi connectivity index (χ3n) is 0. The molecule has 0 saturated carbocycles. The summed E-state index contributed by atoms with van der Waals surface area (Å²) in [6.45, 7) is 0. The van der Waals surface area contributed by atoms with Crippen molar-refractivity contribution >= 4 is 54.6 Å². The van der Waals surface area contributed by atoms with E-state index in [0.717, 1.165) is 0 Å². The smallest absolute Gasteiger partial charge is 2.00 e. The van der Waals surface area contributed by atoms with Crippen LogP contribution in [0.4, 0.5) is 0 Å². The first kappa shape index (κ1) is 185. The number of rotatable bonds is 0. The van der Waals surface area contributed by atoms with Gasteiger partial charge in [-0.2, -0.15) is 0 Å². The van der Waals surface area contributed by atoms with Gasteiger partial charge in [0, 0.05) is 0 Å². The predicted molar refractivity (Wildman–Crippen MR) is 14.9 cm³/mol. The zero-order valence-corrected chi connectivity index (χ0v) is 13.7. The third kappa shape index (κ3) is 112. The molecule has 0 spiro atoms. The van der Waals surface area contributed by atoms with Gasteiger partial charge in [-0.25, -0.2) is 0 Å². The van der Waals surface area contributed by atoms with Crippen molar-refractivity contribution in [2.75, 3.05) is 0 Å². The molecular weight excluding hydrogens is 606 g/mol. The van der Waals surface area contributed by atoms with Crippen molar-refractivity contribution in [2.45, 2.75) is 0 Å². The first-order valence-corrected chi connectivity index (χ1v) is 0. The van der Waals surface area contributed by atoms with E-state index < -0.39 is 0 Å². The van der Waals surface area contributed by atoms with Gasteiger partial charge in [-0.15, -0.1) is 0 Å². The Morgan fingerprint density at radius 1 is 0.333 bits per heavy atom. The molecule has 0 unspecified atom stereocenters. The summed E-state index contributed by atoms with van der Waals surface area (Å²) in [5.74, 6) is 0. The largest absolute Gasteiger partial charge is 3.00 e. The molecule has 0 bridgehead atoms. The van der Waals surface area contributed by atoms with Crippen LogP contribution >= 0.6 is 0 Å². The molecule has 9 heteroatoms. The van der Waals surface area contributed by atoms with Crippen LogP contribution < -0.4 is 0 Å². The van der Waals surface area contributed by atoms with Gasteiger partial charge in [0.05, 0.1) is 0 Å². The van der Waals surface area contributed by atoms with Gasteiger partial charge in [0.1, 0.15) is 0 Å². The monoisotopic (exact) mass is 608 g/mol. The molecule has 0 aromatic carbocycles. The molecule has 0 atom stereocenters. The fourth-order valence-electron chi connectivity index (χ4n) is 0. The molecule has 5 nitrogen and oxygen atoms in total. The molecule has 0 aliphatic carbocycles. The summed E-state index contributed by atoms with van der Waals surface area (Å²) in [7, 11) is 0. The van der Waals surface area contributed by atoms with Gasteiger partial charge in [0.2, 0.25) is 0 Å². The van der Waals surface area contributed by atoms with Gasteiger partial charge in [-0.3, -0.25) is 0 Å². The first-order chi connectivity index (χ1) is 0. The minimum Gasteiger partial charge on any atom is -2.00 e. The normalized spacial score (nSPS) is 0. The summed E-state index contributed by atoms with van der Waals surface area (Å²) in [5, 5.41) is 0. The minimum absolute atomic E-state index is 0. The van der Waals surface area contributed by atoms with Crippen LogP contribution in [0.25, 0.3) is 0 Å². The van der Waals surface area contributed by atoms with Crippen molar-refractivity contribution in [1.82, 2.24) is 0 Å². The summed E-state index contributed by atoms with van der Waals surface area (Å²) >= 11 is 0. The van der Waals surface area contributed by atoms with Crippen LogP contribution in [0.5, 0.6) is 0 Å². The summed E-state index contributed by atoms with van der Waals surface area (Å²) in [4.78, 5) is 0. The molecule has 0 saturated heterocycles. The van der Waals surface area contributed by atoms with E-state index in [1.165, 1.54) is 0 Å². The maximum Gasteiger partial charge on any atom is 3.00 e. The van der Waals surface area contributed by atoms with Crippen LogP contribution in [0.3, 0.4) is 0 Å². The Hall–Kier alpha value is 2.68. The van der Waals surface area contributed by atoms with E-state index in [-0.39, 0.29) is 116 Å². The molecule has 0 amide bonds. The molecule has 0 aliphatic rings. The van der Waals surface area contributed by atoms with Gasteiger partial charge in [0.25, 0.3) is 0 Å². The van der Waals surface area contributed by atoms with Gasteiger partial charge < -0.3 is 27.4 Å². The van der Waals surface area contributed by atoms with Crippen molar-refractivity contribution in [1.29, 1.82) is 0 Å². The van der Waals surface area contributed by atoms with Crippen molar-refractivity contribution in [3.05, 3.63) is 0 Å². The molecule has 0 heterocycles. The topological polar surface area (TPSA) is 142 Å². The van der Waals surface area contributed by atoms with E-state index in [0.29, 0.717) is 0 Å². The van der Waals surface area contributed by atoms with Crippen molar-refractivity contribution in [2.24, 2.45) is 0 Å². The average molecular weight is 606 g/mol. The van der Waals surface area contributed by atoms with E-state index in [2.05, 4.69) is 0 Å². The Bertz CT molecular complexity index is 12.9. The Kier molecular flexibility index (Phi) is 2860. The standard InChI is InChI=1S/2Fe.5O.2Pb/q2*+3;5*-2;2*+2. The molecule has 0 N–H and O–H groups in total. The molecule has 0 aliphatic heterocycles. The fourth-order valence-corrected chi connectivity index (χ4v) is 0. The third-order valence-corrected chi connectivity index (χ3v) is 0. The van der Waals surface area contributed by atoms with E-state index >= 15 is 0 Å². The van der Waals surface area contributed by atoms with Gasteiger partial charge >= 0.3 is 88.7 Å². The predicted octanol–water partition coefficient (Wildman–Crippen LogP) is -1.36. The van der Waals surface area contributed by atoms with E-state index in [9.17, 15) is 0 Å². The van der Waals surface area contributed by atoms with Crippen LogP contribution in [0.15, 0.2) is 0 Å².